The van der Waals surface area contributed by atoms with E-state index in [2.05, 4.69) is 29.5 Å². The highest BCUT2D eigenvalue weighted by Crippen LogP contribution is 2.25. The molecular weight excluding hydrogens is 484 g/mol. The largest absolute Gasteiger partial charge is 0.382 e. The van der Waals surface area contributed by atoms with E-state index < -0.39 is 0 Å². The highest BCUT2D eigenvalue weighted by atomic mass is 32.2. The Morgan fingerprint density at radius 1 is 0.917 bits per heavy atom. The van der Waals surface area contributed by atoms with Gasteiger partial charge in [-0.2, -0.15) is 0 Å². The molecule has 1 aromatic rings. The molecule has 0 saturated carbocycles. The van der Waals surface area contributed by atoms with E-state index in [1.54, 1.807) is 11.8 Å². The van der Waals surface area contributed by atoms with Gasteiger partial charge in [-0.25, -0.2) is 0 Å². The van der Waals surface area contributed by atoms with Crippen molar-refractivity contribution in [3.05, 3.63) is 29.3 Å². The van der Waals surface area contributed by atoms with Gasteiger partial charge >= 0.3 is 0 Å². The molecular formula is C25H42N4O6S. The lowest BCUT2D eigenvalue weighted by Gasteiger charge is -2.13. The van der Waals surface area contributed by atoms with E-state index in [1.807, 2.05) is 25.1 Å². The lowest BCUT2D eigenvalue weighted by atomic mass is 10.1. The Bertz CT molecular complexity index is 798. The van der Waals surface area contributed by atoms with Crippen LogP contribution in [0.5, 0.6) is 0 Å². The van der Waals surface area contributed by atoms with Crippen molar-refractivity contribution in [3.63, 3.8) is 0 Å². The zero-order valence-corrected chi connectivity index (χ0v) is 22.6. The standard InChI is InChI=1S/C25H42N4O6S/c1-19-22(24(30)29-25-28-20(2)21(3)36-25)5-4-6-23(19)27-8-10-32-12-14-34-16-18-35-17-15-33-13-11-31-9-7-26/h4-6,20-21,27H,7-18,26H2,1-3H3,(H,28,29,30). The topological polar surface area (TPSA) is 126 Å². The van der Waals surface area contributed by atoms with Crippen molar-refractivity contribution in [2.75, 3.05) is 84.5 Å². The van der Waals surface area contributed by atoms with Gasteiger partial charge in [0.05, 0.1) is 72.1 Å². The molecule has 1 aromatic carbocycles. The monoisotopic (exact) mass is 526 g/mol. The van der Waals surface area contributed by atoms with Crippen LogP contribution in [0.4, 0.5) is 5.69 Å². The van der Waals surface area contributed by atoms with Crippen molar-refractivity contribution in [2.24, 2.45) is 10.7 Å². The molecule has 2 unspecified atom stereocenters. The van der Waals surface area contributed by atoms with Crippen molar-refractivity contribution >= 4 is 28.5 Å². The van der Waals surface area contributed by atoms with Gasteiger partial charge in [0.25, 0.3) is 5.91 Å². The Morgan fingerprint density at radius 2 is 1.47 bits per heavy atom. The first-order chi connectivity index (χ1) is 17.5. The number of nitrogens with zero attached hydrogens (tertiary/aromatic N) is 1. The van der Waals surface area contributed by atoms with Gasteiger partial charge in [0.1, 0.15) is 0 Å². The van der Waals surface area contributed by atoms with E-state index in [0.29, 0.717) is 95.1 Å². The third-order valence-corrected chi connectivity index (χ3v) is 6.61. The number of carbonyl (C=O) groups excluding carboxylic acids is 1. The molecule has 2 atom stereocenters. The molecule has 1 aliphatic rings. The normalized spacial score (nSPS) is 17.3. The van der Waals surface area contributed by atoms with E-state index in [4.69, 9.17) is 29.4 Å². The van der Waals surface area contributed by atoms with Crippen LogP contribution in [0.2, 0.25) is 0 Å². The first-order valence-corrected chi connectivity index (χ1v) is 13.4. The number of ether oxygens (including phenoxy) is 5. The third kappa shape index (κ3) is 12.0. The minimum Gasteiger partial charge on any atom is -0.382 e. The zero-order chi connectivity index (χ0) is 26.0. The summed E-state index contributed by atoms with van der Waals surface area (Å²) in [5.74, 6) is -0.137. The van der Waals surface area contributed by atoms with Crippen molar-refractivity contribution in [1.82, 2.24) is 5.32 Å². The second-order valence-electron chi connectivity index (χ2n) is 8.21. The predicted octanol–water partition coefficient (Wildman–Crippen LogP) is 2.06. The van der Waals surface area contributed by atoms with Crippen molar-refractivity contribution in [1.29, 1.82) is 0 Å². The van der Waals surface area contributed by atoms with Crippen molar-refractivity contribution in [3.8, 4) is 0 Å². The number of thioether (sulfide) groups is 1. The first-order valence-electron chi connectivity index (χ1n) is 12.5. The molecule has 2 rings (SSSR count). The fraction of sp³-hybridized carbons (Fsp3) is 0.680. The summed E-state index contributed by atoms with van der Waals surface area (Å²) >= 11 is 1.60. The Hall–Kier alpha value is -1.73. The molecule has 0 aliphatic carbocycles. The van der Waals surface area contributed by atoms with Gasteiger partial charge in [-0.05, 0) is 31.5 Å². The fourth-order valence-corrected chi connectivity index (χ4v) is 4.21. The summed E-state index contributed by atoms with van der Waals surface area (Å²) in [5, 5.41) is 7.33. The number of benzene rings is 1. The zero-order valence-electron chi connectivity index (χ0n) is 21.8. The van der Waals surface area contributed by atoms with Crippen LogP contribution in [0.3, 0.4) is 0 Å². The van der Waals surface area contributed by atoms with Crippen molar-refractivity contribution in [2.45, 2.75) is 32.1 Å². The minimum absolute atomic E-state index is 0.137. The summed E-state index contributed by atoms with van der Waals surface area (Å²) in [6.45, 7) is 12.5. The number of aliphatic imine (C=N–C) groups is 1. The Labute approximate surface area is 219 Å². The van der Waals surface area contributed by atoms with Gasteiger partial charge in [0, 0.05) is 29.6 Å². The van der Waals surface area contributed by atoms with E-state index >= 15 is 0 Å². The summed E-state index contributed by atoms with van der Waals surface area (Å²) < 4.78 is 27.1. The van der Waals surface area contributed by atoms with Gasteiger partial charge < -0.3 is 40.1 Å². The summed E-state index contributed by atoms with van der Waals surface area (Å²) in [6.07, 6.45) is 0. The molecule has 204 valence electrons. The minimum atomic E-state index is -0.137. The second kappa shape index (κ2) is 18.5. The summed E-state index contributed by atoms with van der Waals surface area (Å²) in [5.41, 5.74) is 7.77. The molecule has 0 radical (unpaired) electrons. The molecule has 36 heavy (non-hydrogen) atoms. The lowest BCUT2D eigenvalue weighted by Crippen LogP contribution is -2.28. The van der Waals surface area contributed by atoms with Crippen LogP contribution < -0.4 is 16.4 Å². The molecule has 0 bridgehead atoms. The number of nitrogens with two attached hydrogens (primary N) is 1. The summed E-state index contributed by atoms with van der Waals surface area (Å²) in [7, 11) is 0. The van der Waals surface area contributed by atoms with Gasteiger partial charge in [0.2, 0.25) is 0 Å². The van der Waals surface area contributed by atoms with Crippen LogP contribution in [0.15, 0.2) is 23.2 Å². The number of anilines is 1. The maximum Gasteiger partial charge on any atom is 0.257 e. The van der Waals surface area contributed by atoms with Crippen LogP contribution in [0.25, 0.3) is 0 Å². The number of hydrogen-bond donors (Lipinski definition) is 3. The van der Waals surface area contributed by atoms with E-state index in [1.165, 1.54) is 0 Å². The number of amidine groups is 1. The number of carbonyl (C=O) groups is 1. The summed E-state index contributed by atoms with van der Waals surface area (Å²) in [4.78, 5) is 17.2. The first kappa shape index (κ1) is 30.5. The molecule has 1 aliphatic heterocycles. The average molecular weight is 527 g/mol. The molecule has 1 amide bonds. The van der Waals surface area contributed by atoms with Gasteiger partial charge in [-0.3, -0.25) is 9.79 Å². The quantitative estimate of drug-likeness (QED) is 0.232. The number of amides is 1. The molecule has 11 heteroatoms. The smallest absolute Gasteiger partial charge is 0.257 e. The Morgan fingerprint density at radius 3 is 2.00 bits per heavy atom. The number of nitrogens with one attached hydrogen (secondary N) is 2. The molecule has 0 aromatic heterocycles. The van der Waals surface area contributed by atoms with E-state index in [9.17, 15) is 4.79 Å². The van der Waals surface area contributed by atoms with Crippen LogP contribution in [-0.2, 0) is 23.7 Å². The van der Waals surface area contributed by atoms with Crippen molar-refractivity contribution < 1.29 is 28.5 Å². The van der Waals surface area contributed by atoms with E-state index in [0.717, 1.165) is 11.3 Å². The van der Waals surface area contributed by atoms with Gasteiger partial charge in [0.15, 0.2) is 5.17 Å². The van der Waals surface area contributed by atoms with Crippen LogP contribution in [0, 0.1) is 6.92 Å². The Balaban J connectivity index is 1.48. The SMILES string of the molecule is Cc1c(NCCOCCOCCOCCOCCOCCN)cccc1C(=O)NC1=NC(C)C(C)S1. The molecule has 0 saturated heterocycles. The maximum atomic E-state index is 12.7. The average Bonchev–Trinajstić information content (AvgIpc) is 3.18. The lowest BCUT2D eigenvalue weighted by molar-refractivity contribution is -0.00985. The predicted molar refractivity (Wildman–Crippen MR) is 144 cm³/mol. The van der Waals surface area contributed by atoms with Gasteiger partial charge in [-0.15, -0.1) is 0 Å². The second-order valence-corrected chi connectivity index (χ2v) is 9.57. The summed E-state index contributed by atoms with van der Waals surface area (Å²) in [6, 6.07) is 5.87. The Kier molecular flexibility index (Phi) is 15.7. The molecule has 0 spiro atoms. The number of hydrogen-bond acceptors (Lipinski definition) is 10. The third-order valence-electron chi connectivity index (χ3n) is 5.41. The molecule has 0 fully saturated rings. The molecule has 10 nitrogen and oxygen atoms in total. The molecule has 4 N–H and O–H groups in total. The maximum absolute atomic E-state index is 12.7. The van der Waals surface area contributed by atoms with Gasteiger partial charge in [-0.1, -0.05) is 24.8 Å². The van der Waals surface area contributed by atoms with Crippen LogP contribution in [0.1, 0.15) is 29.8 Å². The van der Waals surface area contributed by atoms with Crippen LogP contribution >= 0.6 is 11.8 Å². The molecule has 1 heterocycles. The number of rotatable bonds is 19. The van der Waals surface area contributed by atoms with Crippen LogP contribution in [-0.4, -0.2) is 102 Å². The highest BCUT2D eigenvalue weighted by Gasteiger charge is 2.24. The van der Waals surface area contributed by atoms with E-state index in [-0.39, 0.29) is 11.9 Å². The fourth-order valence-electron chi connectivity index (χ4n) is 3.22. The highest BCUT2D eigenvalue weighted by molar-refractivity contribution is 8.14.